The van der Waals surface area contributed by atoms with E-state index in [1.807, 2.05) is 22.9 Å². The molecule has 172 valence electrons. The third-order valence-corrected chi connectivity index (χ3v) is 7.58. The zero-order valence-corrected chi connectivity index (χ0v) is 20.8. The van der Waals surface area contributed by atoms with Gasteiger partial charge in [0, 0.05) is 52.3 Å². The highest BCUT2D eigenvalue weighted by molar-refractivity contribution is 6.76. The number of piperazine rings is 1. The lowest BCUT2D eigenvalue weighted by Crippen LogP contribution is -2.44. The lowest BCUT2D eigenvalue weighted by atomic mass is 10.1. The normalized spacial score (nSPS) is 15.5. The molecule has 2 aromatic heterocycles. The number of anilines is 1. The lowest BCUT2D eigenvalue weighted by Gasteiger charge is -2.33. The van der Waals surface area contributed by atoms with Gasteiger partial charge >= 0.3 is 0 Å². The molecule has 0 saturated carbocycles. The van der Waals surface area contributed by atoms with Crippen molar-refractivity contribution in [2.75, 3.05) is 51.8 Å². The van der Waals surface area contributed by atoms with E-state index >= 15 is 0 Å². The van der Waals surface area contributed by atoms with E-state index in [0.717, 1.165) is 72.7 Å². The topological polar surface area (TPSA) is 68.5 Å². The van der Waals surface area contributed by atoms with Crippen LogP contribution in [0, 0.1) is 0 Å². The summed E-state index contributed by atoms with van der Waals surface area (Å²) in [5.41, 5.74) is 2.68. The minimum absolute atomic E-state index is 0.394. The van der Waals surface area contributed by atoms with Gasteiger partial charge in [-0.2, -0.15) is 5.10 Å². The highest BCUT2D eigenvalue weighted by Crippen LogP contribution is 2.32. The number of rotatable bonds is 8. The molecule has 1 saturated heterocycles. The number of nitrogens with zero attached hydrogens (tertiary/aromatic N) is 6. The minimum Gasteiger partial charge on any atom is -0.497 e. The number of likely N-dealkylation sites (N-methyl/N-ethyl adjacent to an activating group) is 1. The monoisotopic (exact) mass is 454 g/mol. The van der Waals surface area contributed by atoms with E-state index < -0.39 is 8.07 Å². The Balaban J connectivity index is 1.67. The van der Waals surface area contributed by atoms with Crippen LogP contribution in [-0.4, -0.2) is 79.7 Å². The van der Waals surface area contributed by atoms with Gasteiger partial charge in [0.25, 0.3) is 0 Å². The maximum atomic E-state index is 6.05. The highest BCUT2D eigenvalue weighted by Gasteiger charge is 2.20. The van der Waals surface area contributed by atoms with Gasteiger partial charge in [0.2, 0.25) is 0 Å². The molecule has 0 unspecified atom stereocenters. The first-order chi connectivity index (χ1) is 15.3. The second kappa shape index (κ2) is 9.56. The predicted molar refractivity (Wildman–Crippen MR) is 131 cm³/mol. The molecule has 9 heteroatoms. The number of fused-ring (bicyclic) bond motifs is 1. The van der Waals surface area contributed by atoms with Crippen LogP contribution in [0.5, 0.6) is 5.75 Å². The van der Waals surface area contributed by atoms with Gasteiger partial charge in [0.05, 0.1) is 24.0 Å². The summed E-state index contributed by atoms with van der Waals surface area (Å²) in [4.78, 5) is 13.8. The van der Waals surface area contributed by atoms with Crippen LogP contribution in [0.3, 0.4) is 0 Å². The second-order valence-corrected chi connectivity index (χ2v) is 15.3. The molecule has 1 fully saturated rings. The molecule has 0 aliphatic carbocycles. The first-order valence-electron chi connectivity index (χ1n) is 11.2. The van der Waals surface area contributed by atoms with Crippen LogP contribution in [0.15, 0.2) is 30.6 Å². The van der Waals surface area contributed by atoms with Gasteiger partial charge in [-0.05, 0) is 31.3 Å². The van der Waals surface area contributed by atoms with E-state index in [2.05, 4.69) is 52.5 Å². The first kappa shape index (κ1) is 22.7. The lowest BCUT2D eigenvalue weighted by molar-refractivity contribution is 0.0802. The molecule has 0 amide bonds. The molecule has 0 N–H and O–H groups in total. The quantitative estimate of drug-likeness (QED) is 0.381. The molecule has 0 bridgehead atoms. The number of ether oxygens (including phenoxy) is 2. The Morgan fingerprint density at radius 2 is 1.81 bits per heavy atom. The van der Waals surface area contributed by atoms with Crippen molar-refractivity contribution >= 4 is 24.8 Å². The number of benzene rings is 1. The molecule has 0 radical (unpaired) electrons. The van der Waals surface area contributed by atoms with Crippen molar-refractivity contribution in [3.63, 3.8) is 0 Å². The summed E-state index contributed by atoms with van der Waals surface area (Å²) in [6.07, 6.45) is 1.65. The summed E-state index contributed by atoms with van der Waals surface area (Å²) in [6, 6.07) is 9.13. The number of aromatic nitrogens is 4. The van der Waals surface area contributed by atoms with E-state index in [4.69, 9.17) is 14.6 Å². The maximum Gasteiger partial charge on any atom is 0.140 e. The second-order valence-electron chi connectivity index (χ2n) is 9.63. The third-order valence-electron chi connectivity index (χ3n) is 5.88. The van der Waals surface area contributed by atoms with Crippen LogP contribution in [0.2, 0.25) is 25.7 Å². The zero-order valence-electron chi connectivity index (χ0n) is 19.8. The Morgan fingerprint density at radius 3 is 2.53 bits per heavy atom. The molecule has 4 rings (SSSR count). The number of methoxy groups -OCH3 is 1. The first-order valence-corrected chi connectivity index (χ1v) is 14.9. The summed E-state index contributed by atoms with van der Waals surface area (Å²) in [5, 5.41) is 5.82. The molecule has 8 nitrogen and oxygen atoms in total. The smallest absolute Gasteiger partial charge is 0.140 e. The Labute approximate surface area is 191 Å². The molecular formula is C23H34N6O2Si. The van der Waals surface area contributed by atoms with Gasteiger partial charge in [0.1, 0.15) is 24.6 Å². The van der Waals surface area contributed by atoms with Crippen molar-refractivity contribution in [3.05, 3.63) is 30.6 Å². The van der Waals surface area contributed by atoms with Gasteiger partial charge < -0.3 is 19.3 Å². The molecule has 3 aromatic rings. The standard InChI is InChI=1S/C23H34N6O2Si/c1-27-8-10-28(11-9-27)22-15-21(24-16-25-22)23-19-14-18(30-2)6-7-20(19)26-29(23)17-31-12-13-32(3,4)5/h6-7,14-16H,8-13,17H2,1-5H3. The Bertz CT molecular complexity index is 1060. The fraction of sp³-hybridized carbons (Fsp3) is 0.522. The van der Waals surface area contributed by atoms with E-state index in [0.29, 0.717) is 6.73 Å². The van der Waals surface area contributed by atoms with E-state index in [9.17, 15) is 0 Å². The molecule has 0 spiro atoms. The summed E-state index contributed by atoms with van der Waals surface area (Å²) in [7, 11) is 2.69. The van der Waals surface area contributed by atoms with Crippen molar-refractivity contribution in [1.82, 2.24) is 24.6 Å². The van der Waals surface area contributed by atoms with Gasteiger partial charge in [-0.3, -0.25) is 0 Å². The summed E-state index contributed by atoms with van der Waals surface area (Å²) in [5.74, 6) is 1.75. The maximum absolute atomic E-state index is 6.05. The van der Waals surface area contributed by atoms with Crippen LogP contribution in [-0.2, 0) is 11.5 Å². The van der Waals surface area contributed by atoms with Gasteiger partial charge in [-0.1, -0.05) is 19.6 Å². The van der Waals surface area contributed by atoms with Crippen LogP contribution in [0.4, 0.5) is 5.82 Å². The molecule has 1 aliphatic heterocycles. The molecule has 1 aromatic carbocycles. The Kier molecular flexibility index (Phi) is 6.78. The fourth-order valence-corrected chi connectivity index (χ4v) is 4.57. The molecular weight excluding hydrogens is 420 g/mol. The average molecular weight is 455 g/mol. The minimum atomic E-state index is -1.15. The van der Waals surface area contributed by atoms with Crippen LogP contribution in [0.1, 0.15) is 0 Å². The predicted octanol–water partition coefficient (Wildman–Crippen LogP) is 3.57. The zero-order chi connectivity index (χ0) is 22.7. The van der Waals surface area contributed by atoms with E-state index in [1.54, 1.807) is 13.4 Å². The van der Waals surface area contributed by atoms with E-state index in [1.165, 1.54) is 0 Å². The summed E-state index contributed by atoms with van der Waals surface area (Å²) in [6.45, 7) is 12.2. The summed E-state index contributed by atoms with van der Waals surface area (Å²) >= 11 is 0. The van der Waals surface area contributed by atoms with Gasteiger partial charge in [-0.15, -0.1) is 0 Å². The van der Waals surface area contributed by atoms with Gasteiger partial charge in [0.15, 0.2) is 0 Å². The summed E-state index contributed by atoms with van der Waals surface area (Å²) < 4.78 is 13.4. The van der Waals surface area contributed by atoms with Crippen molar-refractivity contribution < 1.29 is 9.47 Å². The fourth-order valence-electron chi connectivity index (χ4n) is 3.82. The number of hydrogen-bond donors (Lipinski definition) is 0. The van der Waals surface area contributed by atoms with Crippen LogP contribution in [0.25, 0.3) is 22.3 Å². The number of hydrogen-bond acceptors (Lipinski definition) is 7. The SMILES string of the molecule is COc1ccc2nn(COCC[Si](C)(C)C)c(-c3cc(N4CCN(C)CC4)ncn3)c2c1. The Morgan fingerprint density at radius 1 is 1.03 bits per heavy atom. The van der Waals surface area contributed by atoms with Crippen LogP contribution < -0.4 is 9.64 Å². The van der Waals surface area contributed by atoms with E-state index in [-0.39, 0.29) is 0 Å². The van der Waals surface area contributed by atoms with Crippen molar-refractivity contribution in [2.24, 2.45) is 0 Å². The third kappa shape index (κ3) is 5.28. The van der Waals surface area contributed by atoms with Crippen molar-refractivity contribution in [3.8, 4) is 17.1 Å². The van der Waals surface area contributed by atoms with Crippen molar-refractivity contribution in [2.45, 2.75) is 32.4 Å². The molecule has 32 heavy (non-hydrogen) atoms. The highest BCUT2D eigenvalue weighted by atomic mass is 28.3. The largest absolute Gasteiger partial charge is 0.497 e. The van der Waals surface area contributed by atoms with Crippen LogP contribution >= 0.6 is 0 Å². The van der Waals surface area contributed by atoms with Gasteiger partial charge in [-0.25, -0.2) is 14.6 Å². The average Bonchev–Trinajstić information content (AvgIpc) is 3.14. The molecule has 3 heterocycles. The van der Waals surface area contributed by atoms with Crippen molar-refractivity contribution in [1.29, 1.82) is 0 Å². The Hall–Kier alpha value is -2.49. The molecule has 0 atom stereocenters. The molecule has 1 aliphatic rings.